The lowest BCUT2D eigenvalue weighted by Crippen LogP contribution is -2.31. The molecule has 1 amide bonds. The number of likely N-dealkylation sites (tertiary alicyclic amines) is 1. The summed E-state index contributed by atoms with van der Waals surface area (Å²) in [6, 6.07) is 17.4. The van der Waals surface area contributed by atoms with Gasteiger partial charge in [0, 0.05) is 13.1 Å². The summed E-state index contributed by atoms with van der Waals surface area (Å²) in [5.41, 5.74) is 1.70. The van der Waals surface area contributed by atoms with Crippen LogP contribution in [0.2, 0.25) is 0 Å². The van der Waals surface area contributed by atoms with Crippen molar-refractivity contribution in [3.8, 4) is 11.4 Å². The standard InChI is InChI=1S/C21H23N5O2S/c1-2-28-18-13-7-6-12-17(18)26-21(22-23-24-26)29-19(16-10-4-3-5-11-16)20(27)25-14-8-9-15-25/h3-7,10-13,19H,2,8-9,14-15H2,1H3/t19-/m1/s1. The molecule has 0 spiro atoms. The topological polar surface area (TPSA) is 73.1 Å². The highest BCUT2D eigenvalue weighted by Crippen LogP contribution is 2.37. The zero-order chi connectivity index (χ0) is 20.1. The Morgan fingerprint density at radius 3 is 2.59 bits per heavy atom. The number of para-hydroxylation sites is 2. The summed E-state index contributed by atoms with van der Waals surface area (Å²) in [5, 5.41) is 12.4. The highest BCUT2D eigenvalue weighted by atomic mass is 32.2. The summed E-state index contributed by atoms with van der Waals surface area (Å²) in [6.07, 6.45) is 2.11. The first kappa shape index (κ1) is 19.4. The number of benzene rings is 2. The van der Waals surface area contributed by atoms with Gasteiger partial charge >= 0.3 is 0 Å². The predicted molar refractivity (Wildman–Crippen MR) is 111 cm³/mol. The van der Waals surface area contributed by atoms with Gasteiger partial charge in [-0.15, -0.1) is 5.10 Å². The van der Waals surface area contributed by atoms with Crippen LogP contribution < -0.4 is 4.74 Å². The monoisotopic (exact) mass is 409 g/mol. The van der Waals surface area contributed by atoms with Crippen molar-refractivity contribution in [1.82, 2.24) is 25.1 Å². The van der Waals surface area contributed by atoms with Crippen molar-refractivity contribution < 1.29 is 9.53 Å². The van der Waals surface area contributed by atoms with Crippen LogP contribution in [-0.4, -0.2) is 50.7 Å². The smallest absolute Gasteiger partial charge is 0.240 e. The Morgan fingerprint density at radius 2 is 1.83 bits per heavy atom. The van der Waals surface area contributed by atoms with E-state index in [0.29, 0.717) is 17.5 Å². The van der Waals surface area contributed by atoms with Gasteiger partial charge in [0.25, 0.3) is 0 Å². The lowest BCUT2D eigenvalue weighted by molar-refractivity contribution is -0.129. The molecule has 1 aliphatic rings. The number of nitrogens with zero attached hydrogens (tertiary/aromatic N) is 5. The second-order valence-corrected chi connectivity index (χ2v) is 7.79. The molecule has 1 saturated heterocycles. The van der Waals surface area contributed by atoms with Gasteiger partial charge in [0.2, 0.25) is 11.1 Å². The largest absolute Gasteiger partial charge is 0.492 e. The van der Waals surface area contributed by atoms with Gasteiger partial charge in [-0.1, -0.05) is 54.2 Å². The van der Waals surface area contributed by atoms with E-state index in [-0.39, 0.29) is 5.91 Å². The molecule has 0 radical (unpaired) electrons. The number of carbonyl (C=O) groups is 1. The number of hydrogen-bond donors (Lipinski definition) is 0. The van der Waals surface area contributed by atoms with E-state index in [9.17, 15) is 4.79 Å². The van der Waals surface area contributed by atoms with Crippen LogP contribution in [0.1, 0.15) is 30.6 Å². The average molecular weight is 410 g/mol. The molecule has 7 nitrogen and oxygen atoms in total. The number of amides is 1. The van der Waals surface area contributed by atoms with E-state index in [4.69, 9.17) is 4.74 Å². The minimum absolute atomic E-state index is 0.103. The van der Waals surface area contributed by atoms with Gasteiger partial charge in [0.1, 0.15) is 16.7 Å². The first-order chi connectivity index (χ1) is 14.3. The van der Waals surface area contributed by atoms with Crippen LogP contribution in [0.3, 0.4) is 0 Å². The molecular formula is C21H23N5O2S. The number of carbonyl (C=O) groups excluding carboxylic acids is 1. The summed E-state index contributed by atoms with van der Waals surface area (Å²) in [7, 11) is 0. The third kappa shape index (κ3) is 4.27. The first-order valence-corrected chi connectivity index (χ1v) is 10.7. The van der Waals surface area contributed by atoms with Crippen molar-refractivity contribution >= 4 is 17.7 Å². The average Bonchev–Trinajstić information content (AvgIpc) is 3.45. The third-order valence-electron chi connectivity index (χ3n) is 4.80. The minimum Gasteiger partial charge on any atom is -0.492 e. The summed E-state index contributed by atoms with van der Waals surface area (Å²) < 4.78 is 7.38. The predicted octanol–water partition coefficient (Wildman–Crippen LogP) is 3.52. The van der Waals surface area contributed by atoms with Crippen molar-refractivity contribution in [1.29, 1.82) is 0 Å². The van der Waals surface area contributed by atoms with E-state index in [1.807, 2.05) is 66.4 Å². The van der Waals surface area contributed by atoms with Crippen LogP contribution in [0.15, 0.2) is 59.8 Å². The first-order valence-electron chi connectivity index (χ1n) is 9.79. The van der Waals surface area contributed by atoms with Gasteiger partial charge in [0.15, 0.2) is 0 Å². The van der Waals surface area contributed by atoms with E-state index < -0.39 is 5.25 Å². The molecule has 2 heterocycles. The number of aromatic nitrogens is 4. The molecule has 150 valence electrons. The fourth-order valence-corrected chi connectivity index (χ4v) is 4.48. The Balaban J connectivity index is 1.68. The molecule has 0 unspecified atom stereocenters. The number of hydrogen-bond acceptors (Lipinski definition) is 6. The Morgan fingerprint density at radius 1 is 1.10 bits per heavy atom. The van der Waals surface area contributed by atoms with Crippen molar-refractivity contribution in [2.45, 2.75) is 30.2 Å². The Hall–Kier alpha value is -2.87. The fourth-order valence-electron chi connectivity index (χ4n) is 3.41. The number of thioether (sulfide) groups is 1. The molecule has 1 aliphatic heterocycles. The maximum atomic E-state index is 13.3. The Labute approximate surface area is 174 Å². The molecule has 4 rings (SSSR count). The quantitative estimate of drug-likeness (QED) is 0.556. The van der Waals surface area contributed by atoms with Crippen LogP contribution in [0.4, 0.5) is 0 Å². The number of ether oxygens (including phenoxy) is 1. The SMILES string of the molecule is CCOc1ccccc1-n1nnnc1S[C@@H](C(=O)N1CCCC1)c1ccccc1. The van der Waals surface area contributed by atoms with E-state index in [2.05, 4.69) is 15.5 Å². The molecule has 0 aliphatic carbocycles. The highest BCUT2D eigenvalue weighted by Gasteiger charge is 2.30. The Kier molecular flexibility index (Phi) is 6.09. The molecule has 1 fully saturated rings. The molecular weight excluding hydrogens is 386 g/mol. The van der Waals surface area contributed by atoms with Crippen LogP contribution in [-0.2, 0) is 4.79 Å². The summed E-state index contributed by atoms with van der Waals surface area (Å²) in [5.74, 6) is 0.803. The molecule has 1 atom stereocenters. The van der Waals surface area contributed by atoms with Gasteiger partial charge in [-0.2, -0.15) is 4.68 Å². The van der Waals surface area contributed by atoms with Crippen LogP contribution in [0.5, 0.6) is 5.75 Å². The maximum absolute atomic E-state index is 13.3. The number of rotatable bonds is 7. The number of tetrazole rings is 1. The molecule has 0 bridgehead atoms. The zero-order valence-corrected chi connectivity index (χ0v) is 17.1. The molecule has 3 aromatic rings. The van der Waals surface area contributed by atoms with Gasteiger partial charge < -0.3 is 9.64 Å². The molecule has 1 aromatic heterocycles. The van der Waals surface area contributed by atoms with Crippen LogP contribution in [0, 0.1) is 0 Å². The van der Waals surface area contributed by atoms with Crippen LogP contribution >= 0.6 is 11.8 Å². The third-order valence-corrected chi connectivity index (χ3v) is 5.98. The van der Waals surface area contributed by atoms with Crippen LogP contribution in [0.25, 0.3) is 5.69 Å². The van der Waals surface area contributed by atoms with Gasteiger partial charge in [-0.05, 0) is 47.9 Å². The van der Waals surface area contributed by atoms with Crippen molar-refractivity contribution in [2.24, 2.45) is 0 Å². The summed E-state index contributed by atoms with van der Waals surface area (Å²) in [4.78, 5) is 15.2. The van der Waals surface area contributed by atoms with Crippen molar-refractivity contribution in [2.75, 3.05) is 19.7 Å². The molecule has 0 saturated carbocycles. The van der Waals surface area contributed by atoms with E-state index in [1.54, 1.807) is 4.68 Å². The van der Waals surface area contributed by atoms with Crippen molar-refractivity contribution in [3.05, 3.63) is 60.2 Å². The van der Waals surface area contributed by atoms with Gasteiger partial charge in [0.05, 0.1) is 6.61 Å². The van der Waals surface area contributed by atoms with Gasteiger partial charge in [-0.3, -0.25) is 4.79 Å². The maximum Gasteiger partial charge on any atom is 0.240 e. The molecule has 0 N–H and O–H groups in total. The highest BCUT2D eigenvalue weighted by molar-refractivity contribution is 8.00. The second-order valence-electron chi connectivity index (χ2n) is 6.71. The normalized spacial score (nSPS) is 14.7. The van der Waals surface area contributed by atoms with E-state index >= 15 is 0 Å². The Bertz CT molecular complexity index is 956. The lowest BCUT2D eigenvalue weighted by Gasteiger charge is -2.22. The van der Waals surface area contributed by atoms with E-state index in [1.165, 1.54) is 11.8 Å². The van der Waals surface area contributed by atoms with E-state index in [0.717, 1.165) is 37.2 Å². The fraction of sp³-hybridized carbons (Fsp3) is 0.333. The minimum atomic E-state index is -0.404. The molecule has 8 heteroatoms. The second kappa shape index (κ2) is 9.09. The lowest BCUT2D eigenvalue weighted by atomic mass is 10.1. The summed E-state index contributed by atoms with van der Waals surface area (Å²) >= 11 is 1.37. The zero-order valence-electron chi connectivity index (χ0n) is 16.3. The molecule has 29 heavy (non-hydrogen) atoms. The molecule has 2 aromatic carbocycles. The van der Waals surface area contributed by atoms with Crippen molar-refractivity contribution in [3.63, 3.8) is 0 Å². The summed E-state index contributed by atoms with van der Waals surface area (Å²) in [6.45, 7) is 4.09. The van der Waals surface area contributed by atoms with Gasteiger partial charge in [-0.25, -0.2) is 0 Å².